The van der Waals surface area contributed by atoms with Crippen molar-refractivity contribution in [2.75, 3.05) is 19.5 Å². The highest BCUT2D eigenvalue weighted by atomic mass is 16.5. The van der Waals surface area contributed by atoms with Crippen molar-refractivity contribution in [3.63, 3.8) is 0 Å². The first kappa shape index (κ1) is 18.6. The Morgan fingerprint density at radius 2 is 1.60 bits per heavy atom. The molecule has 25 heavy (non-hydrogen) atoms. The highest BCUT2D eigenvalue weighted by Gasteiger charge is 2.24. The first-order valence-electron chi connectivity index (χ1n) is 8.15. The Morgan fingerprint density at radius 1 is 0.920 bits per heavy atom. The van der Waals surface area contributed by atoms with E-state index in [0.717, 1.165) is 16.8 Å². The van der Waals surface area contributed by atoms with Crippen LogP contribution in [0.3, 0.4) is 0 Å². The van der Waals surface area contributed by atoms with Crippen LogP contribution in [0.2, 0.25) is 0 Å². The number of anilines is 1. The van der Waals surface area contributed by atoms with Gasteiger partial charge in [0.25, 0.3) is 0 Å². The van der Waals surface area contributed by atoms with Crippen LogP contribution in [0.4, 0.5) is 10.5 Å². The Labute approximate surface area is 149 Å². The molecule has 0 saturated heterocycles. The number of carbonyl (C=O) groups is 1. The van der Waals surface area contributed by atoms with E-state index in [0.29, 0.717) is 11.5 Å². The van der Waals surface area contributed by atoms with Crippen molar-refractivity contribution < 1.29 is 14.3 Å². The fraction of sp³-hybridized carbons (Fsp3) is 0.350. The van der Waals surface area contributed by atoms with Crippen LogP contribution in [-0.4, -0.2) is 20.3 Å². The molecule has 0 aliphatic heterocycles. The molecule has 0 aliphatic rings. The molecule has 134 valence electrons. The van der Waals surface area contributed by atoms with E-state index >= 15 is 0 Å². The van der Waals surface area contributed by atoms with Gasteiger partial charge in [0.2, 0.25) is 0 Å². The number of carbonyl (C=O) groups excluding carboxylic acids is 1. The fourth-order valence-electron chi connectivity index (χ4n) is 2.56. The molecule has 0 radical (unpaired) electrons. The quantitative estimate of drug-likeness (QED) is 0.848. The molecule has 5 heteroatoms. The van der Waals surface area contributed by atoms with Gasteiger partial charge in [0.15, 0.2) is 11.5 Å². The van der Waals surface area contributed by atoms with Crippen molar-refractivity contribution in [3.8, 4) is 11.5 Å². The van der Waals surface area contributed by atoms with E-state index in [1.165, 1.54) is 5.56 Å². The molecule has 0 atom stereocenters. The zero-order valence-corrected chi connectivity index (χ0v) is 15.7. The van der Waals surface area contributed by atoms with E-state index in [4.69, 9.17) is 9.47 Å². The predicted molar refractivity (Wildman–Crippen MR) is 101 cm³/mol. The van der Waals surface area contributed by atoms with E-state index in [2.05, 4.69) is 10.6 Å². The number of nitrogens with one attached hydrogen (secondary N) is 2. The minimum absolute atomic E-state index is 0.261. The Kier molecular flexibility index (Phi) is 5.57. The van der Waals surface area contributed by atoms with Crippen molar-refractivity contribution >= 4 is 11.7 Å². The van der Waals surface area contributed by atoms with Gasteiger partial charge in [-0.3, -0.25) is 0 Å². The molecule has 0 unspecified atom stereocenters. The van der Waals surface area contributed by atoms with Crippen molar-refractivity contribution in [1.29, 1.82) is 0 Å². The molecule has 0 saturated carbocycles. The standard InChI is InChI=1S/C20H26N2O3/c1-13-7-9-16(11-14(13)2)21-19(23)22-20(3,4)15-8-10-17(24-5)18(12-15)25-6/h7-12H,1-6H3,(H2,21,22,23). The molecular formula is C20H26N2O3. The number of methoxy groups -OCH3 is 2. The number of aryl methyl sites for hydroxylation is 2. The Balaban J connectivity index is 2.14. The SMILES string of the molecule is COc1ccc(C(C)(C)NC(=O)Nc2ccc(C)c(C)c2)cc1OC. The minimum atomic E-state index is -0.580. The summed E-state index contributed by atoms with van der Waals surface area (Å²) in [5, 5.41) is 5.88. The lowest BCUT2D eigenvalue weighted by atomic mass is 9.94. The summed E-state index contributed by atoms with van der Waals surface area (Å²) < 4.78 is 10.6. The summed E-state index contributed by atoms with van der Waals surface area (Å²) >= 11 is 0. The lowest BCUT2D eigenvalue weighted by molar-refractivity contribution is 0.241. The molecule has 2 rings (SSSR count). The maximum absolute atomic E-state index is 12.4. The van der Waals surface area contributed by atoms with Crippen molar-refractivity contribution in [1.82, 2.24) is 5.32 Å². The molecule has 2 amide bonds. The third-order valence-electron chi connectivity index (χ3n) is 4.30. The topological polar surface area (TPSA) is 59.6 Å². The van der Waals surface area contributed by atoms with Gasteiger partial charge < -0.3 is 20.1 Å². The third kappa shape index (κ3) is 4.44. The summed E-state index contributed by atoms with van der Waals surface area (Å²) in [5.41, 5.74) is 3.43. The second-order valence-electron chi connectivity index (χ2n) is 6.57. The van der Waals surface area contributed by atoms with E-state index in [-0.39, 0.29) is 6.03 Å². The summed E-state index contributed by atoms with van der Waals surface area (Å²) in [6.07, 6.45) is 0. The summed E-state index contributed by atoms with van der Waals surface area (Å²) in [5.74, 6) is 1.28. The van der Waals surface area contributed by atoms with Crippen LogP contribution in [0.1, 0.15) is 30.5 Å². The van der Waals surface area contributed by atoms with E-state index < -0.39 is 5.54 Å². The second-order valence-corrected chi connectivity index (χ2v) is 6.57. The average molecular weight is 342 g/mol. The molecule has 2 aromatic rings. The second kappa shape index (κ2) is 7.47. The minimum Gasteiger partial charge on any atom is -0.493 e. The molecular weight excluding hydrogens is 316 g/mol. The van der Waals surface area contributed by atoms with Crippen LogP contribution < -0.4 is 20.1 Å². The monoisotopic (exact) mass is 342 g/mol. The van der Waals surface area contributed by atoms with Gasteiger partial charge in [0.05, 0.1) is 19.8 Å². The van der Waals surface area contributed by atoms with Gasteiger partial charge in [-0.25, -0.2) is 4.79 Å². The zero-order valence-electron chi connectivity index (χ0n) is 15.7. The Morgan fingerprint density at radius 3 is 2.20 bits per heavy atom. The van der Waals surface area contributed by atoms with Crippen LogP contribution in [0.5, 0.6) is 11.5 Å². The average Bonchev–Trinajstić information content (AvgIpc) is 2.56. The van der Waals surface area contributed by atoms with Gasteiger partial charge in [-0.15, -0.1) is 0 Å². The largest absolute Gasteiger partial charge is 0.493 e. The van der Waals surface area contributed by atoms with Crippen molar-refractivity contribution in [3.05, 3.63) is 53.1 Å². The summed E-state index contributed by atoms with van der Waals surface area (Å²) in [6, 6.07) is 11.2. The van der Waals surface area contributed by atoms with Crippen LogP contribution in [0, 0.1) is 13.8 Å². The number of rotatable bonds is 5. The molecule has 0 spiro atoms. The molecule has 2 N–H and O–H groups in total. The number of ether oxygens (including phenoxy) is 2. The van der Waals surface area contributed by atoms with E-state index in [1.54, 1.807) is 14.2 Å². The molecule has 0 bridgehead atoms. The van der Waals surface area contributed by atoms with Gasteiger partial charge in [-0.2, -0.15) is 0 Å². The summed E-state index contributed by atoms with van der Waals surface area (Å²) in [6.45, 7) is 7.94. The van der Waals surface area contributed by atoms with Gasteiger partial charge in [-0.05, 0) is 68.7 Å². The summed E-state index contributed by atoms with van der Waals surface area (Å²) in [4.78, 5) is 12.4. The van der Waals surface area contributed by atoms with Crippen LogP contribution >= 0.6 is 0 Å². The van der Waals surface area contributed by atoms with E-state index in [1.807, 2.05) is 64.1 Å². The van der Waals surface area contributed by atoms with Gasteiger partial charge >= 0.3 is 6.03 Å². The Bertz CT molecular complexity index is 770. The third-order valence-corrected chi connectivity index (χ3v) is 4.30. The van der Waals surface area contributed by atoms with Gasteiger partial charge in [0, 0.05) is 5.69 Å². The summed E-state index contributed by atoms with van der Waals surface area (Å²) in [7, 11) is 3.19. The molecule has 2 aromatic carbocycles. The first-order chi connectivity index (χ1) is 11.8. The molecule has 5 nitrogen and oxygen atoms in total. The maximum Gasteiger partial charge on any atom is 0.319 e. The number of amides is 2. The van der Waals surface area contributed by atoms with Crippen LogP contribution in [-0.2, 0) is 5.54 Å². The number of benzene rings is 2. The molecule has 0 fully saturated rings. The maximum atomic E-state index is 12.4. The van der Waals surface area contributed by atoms with Crippen molar-refractivity contribution in [2.45, 2.75) is 33.2 Å². The highest BCUT2D eigenvalue weighted by Crippen LogP contribution is 2.32. The number of hydrogen-bond acceptors (Lipinski definition) is 3. The van der Waals surface area contributed by atoms with Crippen LogP contribution in [0.25, 0.3) is 0 Å². The fourth-order valence-corrected chi connectivity index (χ4v) is 2.56. The first-order valence-corrected chi connectivity index (χ1v) is 8.15. The smallest absolute Gasteiger partial charge is 0.319 e. The predicted octanol–water partition coefficient (Wildman–Crippen LogP) is 4.38. The van der Waals surface area contributed by atoms with Gasteiger partial charge in [-0.1, -0.05) is 12.1 Å². The number of urea groups is 1. The van der Waals surface area contributed by atoms with E-state index in [9.17, 15) is 4.79 Å². The van der Waals surface area contributed by atoms with Crippen LogP contribution in [0.15, 0.2) is 36.4 Å². The van der Waals surface area contributed by atoms with Gasteiger partial charge in [0.1, 0.15) is 0 Å². The lowest BCUT2D eigenvalue weighted by Gasteiger charge is -2.27. The Hall–Kier alpha value is -2.69. The normalized spacial score (nSPS) is 11.0. The molecule has 0 aliphatic carbocycles. The van der Waals surface area contributed by atoms with Crippen molar-refractivity contribution in [2.24, 2.45) is 0 Å². The highest BCUT2D eigenvalue weighted by molar-refractivity contribution is 5.90. The molecule has 0 aromatic heterocycles. The lowest BCUT2D eigenvalue weighted by Crippen LogP contribution is -2.43. The zero-order chi connectivity index (χ0) is 18.6. The number of hydrogen-bond donors (Lipinski definition) is 2. The molecule has 0 heterocycles.